The second-order valence-electron chi connectivity index (χ2n) is 17.8. The van der Waals surface area contributed by atoms with Crippen molar-refractivity contribution >= 4 is 39.7 Å². The smallest absolute Gasteiger partial charge is 0.357 e. The van der Waals surface area contributed by atoms with E-state index in [-0.39, 0.29) is 79.1 Å². The zero-order valence-electron chi connectivity index (χ0n) is 36.2. The van der Waals surface area contributed by atoms with Gasteiger partial charge in [-0.15, -0.1) is 0 Å². The van der Waals surface area contributed by atoms with Gasteiger partial charge in [0.1, 0.15) is 32.2 Å². The summed E-state index contributed by atoms with van der Waals surface area (Å²) >= 11 is -0.290. The summed E-state index contributed by atoms with van der Waals surface area (Å²) in [4.78, 5) is 48.2. The molecule has 10 nitrogen and oxygen atoms in total. The average molecular weight is 945 g/mol. The van der Waals surface area contributed by atoms with E-state index in [4.69, 9.17) is 28.5 Å². The number of aromatic nitrogens is 1. The number of rotatable bonds is 20. The van der Waals surface area contributed by atoms with Gasteiger partial charge in [-0.3, -0.25) is 14.4 Å². The molecule has 5 unspecified atom stereocenters. The molecule has 4 aromatic carbocycles. The summed E-state index contributed by atoms with van der Waals surface area (Å²) in [7, 11) is 0. The number of carbonyl (C=O) groups is 3. The molecule has 0 bridgehead atoms. The monoisotopic (exact) mass is 944 g/mol. The van der Waals surface area contributed by atoms with Gasteiger partial charge in [0, 0.05) is 10.8 Å². The van der Waals surface area contributed by atoms with E-state index in [0.29, 0.717) is 18.3 Å². The Bertz CT molecular complexity index is 2250. The van der Waals surface area contributed by atoms with E-state index < -0.39 is 34.2 Å². The third-order valence-electron chi connectivity index (χ3n) is 12.2. The van der Waals surface area contributed by atoms with Gasteiger partial charge in [-0.05, 0) is 128 Å². The SMILES string of the molecule is CCC(C)(CC(C)(CC(C)(C)C(=O)OCCOc1ccc([I+]c2ccc(C)cc2)cc1)C(=O)OCC1CCC2OC2C1)C(=O)OCCOn1c2ccccc2c2ccccc21. The highest BCUT2D eigenvalue weighted by Gasteiger charge is 2.50. The molecule has 0 N–H and O–H groups in total. The second kappa shape index (κ2) is 19.2. The van der Waals surface area contributed by atoms with E-state index in [1.54, 1.807) is 25.5 Å². The molecule has 7 rings (SSSR count). The molecule has 324 valence electrons. The van der Waals surface area contributed by atoms with Crippen LogP contribution in [0.3, 0.4) is 0 Å². The predicted molar refractivity (Wildman–Crippen MR) is 230 cm³/mol. The zero-order valence-corrected chi connectivity index (χ0v) is 38.4. The lowest BCUT2D eigenvalue weighted by Crippen LogP contribution is -3.61. The highest BCUT2D eigenvalue weighted by atomic mass is 127. The third-order valence-corrected chi connectivity index (χ3v) is 14.9. The summed E-state index contributed by atoms with van der Waals surface area (Å²) in [5, 5.41) is 2.15. The number of para-hydroxylation sites is 2. The van der Waals surface area contributed by atoms with Crippen molar-refractivity contribution < 1.29 is 64.1 Å². The molecular formula is C50H59INO9+. The first kappa shape index (κ1) is 44.4. The Hall–Kier alpha value is -4.62. The fourth-order valence-corrected chi connectivity index (χ4v) is 10.9. The molecule has 2 fully saturated rings. The van der Waals surface area contributed by atoms with E-state index in [1.165, 1.54) is 12.7 Å². The number of carbonyl (C=O) groups excluding carboxylic acids is 3. The first-order chi connectivity index (χ1) is 29.3. The minimum absolute atomic E-state index is 0.0150. The van der Waals surface area contributed by atoms with E-state index in [1.807, 2.05) is 62.4 Å². The number of aryl methyl sites for hydroxylation is 1. The van der Waals surface area contributed by atoms with E-state index in [2.05, 4.69) is 55.5 Å². The lowest BCUT2D eigenvalue weighted by atomic mass is 9.65. The molecule has 1 aliphatic heterocycles. The largest absolute Gasteiger partial charge is 0.490 e. The number of halogens is 1. The van der Waals surface area contributed by atoms with Crippen molar-refractivity contribution in [2.24, 2.45) is 22.2 Å². The quantitative estimate of drug-likeness (QED) is 0.0298. The minimum atomic E-state index is -1.22. The first-order valence-electron chi connectivity index (χ1n) is 21.5. The van der Waals surface area contributed by atoms with Crippen LogP contribution in [0.4, 0.5) is 0 Å². The minimum Gasteiger partial charge on any atom is -0.490 e. The Kier molecular flexibility index (Phi) is 14.0. The van der Waals surface area contributed by atoms with E-state index in [9.17, 15) is 14.4 Å². The molecule has 5 aromatic rings. The van der Waals surface area contributed by atoms with Crippen molar-refractivity contribution in [3.8, 4) is 5.75 Å². The summed E-state index contributed by atoms with van der Waals surface area (Å²) in [5.41, 5.74) is -0.279. The predicted octanol–water partition coefficient (Wildman–Crippen LogP) is 6.17. The summed E-state index contributed by atoms with van der Waals surface area (Å²) in [5.74, 6) is -0.427. The average Bonchev–Trinajstić information content (AvgIpc) is 3.97. The molecule has 2 aliphatic rings. The summed E-state index contributed by atoms with van der Waals surface area (Å²) in [6, 6.07) is 32.8. The Labute approximate surface area is 369 Å². The normalized spacial score (nSPS) is 19.3. The highest BCUT2D eigenvalue weighted by molar-refractivity contribution is 6.07. The topological polar surface area (TPSA) is 115 Å². The van der Waals surface area contributed by atoms with Gasteiger partial charge in [0.2, 0.25) is 0 Å². The maximum absolute atomic E-state index is 14.3. The molecule has 1 aromatic heterocycles. The summed E-state index contributed by atoms with van der Waals surface area (Å²) in [6.45, 7) is 11.8. The van der Waals surface area contributed by atoms with E-state index in [0.717, 1.165) is 41.1 Å². The van der Waals surface area contributed by atoms with Crippen LogP contribution in [0, 0.1) is 36.2 Å². The van der Waals surface area contributed by atoms with Crippen LogP contribution in [0.15, 0.2) is 97.1 Å². The van der Waals surface area contributed by atoms with Crippen molar-refractivity contribution in [2.75, 3.05) is 33.0 Å². The van der Waals surface area contributed by atoms with Crippen LogP contribution in [-0.4, -0.2) is 67.9 Å². The van der Waals surface area contributed by atoms with Gasteiger partial charge in [-0.25, -0.2) is 0 Å². The standard InChI is InChI=1S/C50H59INO9/c1-7-49(5,46(54)58-28-29-60-52-41-14-10-8-12-39(41)40-13-9-11-15-42(40)52)33-50(6,47(55)59-31-35-18-25-43-44(30-35)61-43)32-48(3,4)45(53)57-27-26-56-38-23-21-37(22-24-38)51-36-19-16-34(2)17-20-36/h8-17,19-24,35,43-44H,7,18,25-33H2,1-6H3/q+1. The van der Waals surface area contributed by atoms with Gasteiger partial charge in [0.05, 0.1) is 46.1 Å². The van der Waals surface area contributed by atoms with Crippen molar-refractivity contribution in [1.29, 1.82) is 0 Å². The van der Waals surface area contributed by atoms with E-state index >= 15 is 0 Å². The van der Waals surface area contributed by atoms with Crippen molar-refractivity contribution in [3.63, 3.8) is 0 Å². The second-order valence-corrected chi connectivity index (χ2v) is 20.9. The number of ether oxygens (including phenoxy) is 5. The zero-order chi connectivity index (χ0) is 43.2. The molecule has 1 saturated heterocycles. The molecular weight excluding hydrogens is 885 g/mol. The van der Waals surface area contributed by atoms with Gasteiger partial charge < -0.3 is 28.5 Å². The van der Waals surface area contributed by atoms with Gasteiger partial charge in [-0.2, -0.15) is 4.73 Å². The molecule has 0 spiro atoms. The number of hydrogen-bond acceptors (Lipinski definition) is 9. The fraction of sp³-hybridized carbons (Fsp3) is 0.460. The van der Waals surface area contributed by atoms with Crippen LogP contribution in [0.2, 0.25) is 0 Å². The van der Waals surface area contributed by atoms with Crippen molar-refractivity contribution in [2.45, 2.75) is 92.3 Å². The molecule has 1 aliphatic carbocycles. The Morgan fingerprint density at radius 2 is 1.26 bits per heavy atom. The van der Waals surface area contributed by atoms with Crippen LogP contribution in [0.25, 0.3) is 21.8 Å². The van der Waals surface area contributed by atoms with Crippen molar-refractivity contribution in [1.82, 2.24) is 4.73 Å². The lowest BCUT2D eigenvalue weighted by molar-refractivity contribution is -0.597. The number of benzene rings is 4. The number of nitrogens with zero attached hydrogens (tertiary/aromatic N) is 1. The molecule has 1 saturated carbocycles. The van der Waals surface area contributed by atoms with Crippen molar-refractivity contribution in [3.05, 3.63) is 110 Å². The molecule has 61 heavy (non-hydrogen) atoms. The molecule has 5 atom stereocenters. The first-order valence-corrected chi connectivity index (χ1v) is 23.7. The molecule has 2 heterocycles. The Morgan fingerprint density at radius 3 is 1.90 bits per heavy atom. The van der Waals surface area contributed by atoms with Crippen LogP contribution in [0.5, 0.6) is 5.75 Å². The molecule has 0 amide bonds. The Balaban J connectivity index is 0.958. The van der Waals surface area contributed by atoms with Crippen LogP contribution < -0.4 is 30.8 Å². The van der Waals surface area contributed by atoms with Gasteiger partial charge in [0.15, 0.2) is 7.14 Å². The lowest BCUT2D eigenvalue weighted by Gasteiger charge is -2.39. The fourth-order valence-electron chi connectivity index (χ4n) is 8.73. The third kappa shape index (κ3) is 10.9. The summed E-state index contributed by atoms with van der Waals surface area (Å²) < 4.78 is 33.8. The maximum atomic E-state index is 14.3. The van der Waals surface area contributed by atoms with Crippen LogP contribution in [-0.2, 0) is 33.3 Å². The number of fused-ring (bicyclic) bond motifs is 4. The number of epoxide rings is 1. The van der Waals surface area contributed by atoms with Gasteiger partial charge in [0.25, 0.3) is 0 Å². The van der Waals surface area contributed by atoms with Crippen LogP contribution >= 0.6 is 0 Å². The van der Waals surface area contributed by atoms with Gasteiger partial charge >= 0.3 is 39.1 Å². The molecule has 0 radical (unpaired) electrons. The van der Waals surface area contributed by atoms with Gasteiger partial charge in [-0.1, -0.05) is 61.0 Å². The highest BCUT2D eigenvalue weighted by Crippen LogP contribution is 2.46. The molecule has 11 heteroatoms. The van der Waals surface area contributed by atoms with Crippen LogP contribution in [0.1, 0.15) is 78.7 Å². The Morgan fingerprint density at radius 1 is 0.672 bits per heavy atom. The number of esters is 3. The maximum Gasteiger partial charge on any atom is 0.357 e. The summed E-state index contributed by atoms with van der Waals surface area (Å²) in [6.07, 6.45) is 3.97. The number of hydrogen-bond donors (Lipinski definition) is 0.